The van der Waals surface area contributed by atoms with E-state index in [9.17, 15) is 4.79 Å². The molecule has 1 saturated heterocycles. The van der Waals surface area contributed by atoms with Gasteiger partial charge >= 0.3 is 5.97 Å². The number of aliphatic carboxylic acids is 1. The second kappa shape index (κ2) is 8.50. The van der Waals surface area contributed by atoms with Gasteiger partial charge in [-0.15, -0.1) is 0 Å². The van der Waals surface area contributed by atoms with Crippen molar-refractivity contribution in [3.8, 4) is 23.0 Å². The SMILES string of the molecule is O=C(O)C1CCCN(CCC#Cc2ccccc2-c2ccccc2)C1. The Balaban J connectivity index is 1.62. The van der Waals surface area contributed by atoms with Crippen LogP contribution < -0.4 is 0 Å². The minimum absolute atomic E-state index is 0.222. The predicted molar refractivity (Wildman–Crippen MR) is 100 cm³/mol. The highest BCUT2D eigenvalue weighted by Crippen LogP contribution is 2.22. The smallest absolute Gasteiger partial charge is 0.307 e. The maximum absolute atomic E-state index is 11.1. The van der Waals surface area contributed by atoms with E-state index in [1.807, 2.05) is 30.3 Å². The number of rotatable bonds is 4. The highest BCUT2D eigenvalue weighted by molar-refractivity contribution is 5.71. The number of likely N-dealkylation sites (tertiary alicyclic amines) is 1. The van der Waals surface area contributed by atoms with Gasteiger partial charge in [-0.3, -0.25) is 4.79 Å². The maximum atomic E-state index is 11.1. The zero-order valence-corrected chi connectivity index (χ0v) is 14.3. The predicted octanol–water partition coefficient (Wildman–Crippen LogP) is 3.89. The molecule has 0 amide bonds. The third-order valence-corrected chi connectivity index (χ3v) is 4.64. The van der Waals surface area contributed by atoms with Crippen LogP contribution >= 0.6 is 0 Å². The fourth-order valence-electron chi connectivity index (χ4n) is 3.29. The summed E-state index contributed by atoms with van der Waals surface area (Å²) in [7, 11) is 0. The van der Waals surface area contributed by atoms with E-state index in [0.29, 0.717) is 6.54 Å². The van der Waals surface area contributed by atoms with E-state index in [1.54, 1.807) is 0 Å². The van der Waals surface area contributed by atoms with E-state index in [-0.39, 0.29) is 5.92 Å². The van der Waals surface area contributed by atoms with Crippen molar-refractivity contribution in [2.75, 3.05) is 19.6 Å². The molecule has 1 aliphatic rings. The van der Waals surface area contributed by atoms with Crippen molar-refractivity contribution in [1.29, 1.82) is 0 Å². The molecular formula is C22H23NO2. The largest absolute Gasteiger partial charge is 0.481 e. The van der Waals surface area contributed by atoms with Gasteiger partial charge < -0.3 is 10.0 Å². The summed E-state index contributed by atoms with van der Waals surface area (Å²) in [5.41, 5.74) is 3.36. The van der Waals surface area contributed by atoms with Crippen molar-refractivity contribution in [3.05, 3.63) is 60.2 Å². The third kappa shape index (κ3) is 4.71. The highest BCUT2D eigenvalue weighted by atomic mass is 16.4. The minimum atomic E-state index is -0.674. The first-order valence-corrected chi connectivity index (χ1v) is 8.82. The standard InChI is InChI=1S/C22H23NO2/c24-22(25)20-13-8-16-23(17-20)15-7-6-12-19-11-4-5-14-21(19)18-9-2-1-3-10-18/h1-5,9-11,14,20H,7-8,13,15-17H2,(H,24,25). The summed E-state index contributed by atoms with van der Waals surface area (Å²) in [4.78, 5) is 13.4. The van der Waals surface area contributed by atoms with Crippen LogP contribution in [0.15, 0.2) is 54.6 Å². The van der Waals surface area contributed by atoms with Crippen LogP contribution in [-0.4, -0.2) is 35.6 Å². The number of carboxylic acid groups (broad SMARTS) is 1. The number of nitrogens with zero attached hydrogens (tertiary/aromatic N) is 1. The first-order chi connectivity index (χ1) is 12.2. The molecule has 0 aromatic heterocycles. The summed E-state index contributed by atoms with van der Waals surface area (Å²) in [5.74, 6) is 5.66. The number of piperidine rings is 1. The number of hydrogen-bond donors (Lipinski definition) is 1. The lowest BCUT2D eigenvalue weighted by molar-refractivity contribution is -0.143. The molecule has 0 bridgehead atoms. The van der Waals surface area contributed by atoms with Gasteiger partial charge in [0.05, 0.1) is 5.92 Å². The van der Waals surface area contributed by atoms with Crippen LogP contribution in [0.1, 0.15) is 24.8 Å². The van der Waals surface area contributed by atoms with Crippen molar-refractivity contribution in [2.24, 2.45) is 5.92 Å². The Morgan fingerprint density at radius 3 is 2.68 bits per heavy atom. The molecule has 0 aliphatic carbocycles. The molecule has 1 unspecified atom stereocenters. The fraction of sp³-hybridized carbons (Fsp3) is 0.318. The van der Waals surface area contributed by atoms with Crippen molar-refractivity contribution in [2.45, 2.75) is 19.3 Å². The molecule has 1 atom stereocenters. The lowest BCUT2D eigenvalue weighted by Gasteiger charge is -2.29. The second-order valence-corrected chi connectivity index (χ2v) is 6.44. The van der Waals surface area contributed by atoms with E-state index in [0.717, 1.165) is 43.5 Å². The van der Waals surface area contributed by atoms with Gasteiger partial charge in [0.2, 0.25) is 0 Å². The zero-order valence-electron chi connectivity index (χ0n) is 14.3. The lowest BCUT2D eigenvalue weighted by atomic mass is 9.98. The van der Waals surface area contributed by atoms with Gasteiger partial charge in [0.1, 0.15) is 0 Å². The van der Waals surface area contributed by atoms with Gasteiger partial charge in [-0.05, 0) is 36.6 Å². The van der Waals surface area contributed by atoms with Crippen LogP contribution in [0.25, 0.3) is 11.1 Å². The summed E-state index contributed by atoms with van der Waals surface area (Å²) in [6, 6.07) is 18.5. The monoisotopic (exact) mass is 333 g/mol. The number of benzene rings is 2. The van der Waals surface area contributed by atoms with Crippen LogP contribution in [0.4, 0.5) is 0 Å². The van der Waals surface area contributed by atoms with Gasteiger partial charge in [-0.25, -0.2) is 0 Å². The van der Waals surface area contributed by atoms with E-state index >= 15 is 0 Å². The average molecular weight is 333 g/mol. The quantitative estimate of drug-likeness (QED) is 0.863. The van der Waals surface area contributed by atoms with Crippen LogP contribution in [0.3, 0.4) is 0 Å². The molecule has 128 valence electrons. The number of carboxylic acids is 1. The lowest BCUT2D eigenvalue weighted by Crippen LogP contribution is -2.39. The number of hydrogen-bond acceptors (Lipinski definition) is 2. The molecule has 3 heteroatoms. The maximum Gasteiger partial charge on any atom is 0.307 e. The second-order valence-electron chi connectivity index (χ2n) is 6.44. The molecule has 2 aromatic rings. The van der Waals surface area contributed by atoms with E-state index in [2.05, 4.69) is 41.0 Å². The average Bonchev–Trinajstić information content (AvgIpc) is 2.66. The molecular weight excluding hydrogens is 310 g/mol. The van der Waals surface area contributed by atoms with Crippen LogP contribution in [0.5, 0.6) is 0 Å². The summed E-state index contributed by atoms with van der Waals surface area (Å²) >= 11 is 0. The highest BCUT2D eigenvalue weighted by Gasteiger charge is 2.24. The summed E-state index contributed by atoms with van der Waals surface area (Å²) in [6.45, 7) is 2.47. The van der Waals surface area contributed by atoms with Gasteiger partial charge in [-0.2, -0.15) is 0 Å². The summed E-state index contributed by atoms with van der Waals surface area (Å²) in [5, 5.41) is 9.16. The molecule has 25 heavy (non-hydrogen) atoms. The topological polar surface area (TPSA) is 40.5 Å². The van der Waals surface area contributed by atoms with Crippen LogP contribution in [0.2, 0.25) is 0 Å². The fourth-order valence-corrected chi connectivity index (χ4v) is 3.29. The molecule has 1 N–H and O–H groups in total. The molecule has 1 fully saturated rings. The molecule has 0 radical (unpaired) electrons. The minimum Gasteiger partial charge on any atom is -0.481 e. The van der Waals surface area contributed by atoms with E-state index in [4.69, 9.17) is 5.11 Å². The van der Waals surface area contributed by atoms with Gasteiger partial charge in [0.25, 0.3) is 0 Å². The normalized spacial score (nSPS) is 17.5. The molecule has 3 nitrogen and oxygen atoms in total. The van der Waals surface area contributed by atoms with Crippen molar-refractivity contribution in [1.82, 2.24) is 4.90 Å². The zero-order chi connectivity index (χ0) is 17.5. The molecule has 3 rings (SSSR count). The van der Waals surface area contributed by atoms with Crippen molar-refractivity contribution in [3.63, 3.8) is 0 Å². The van der Waals surface area contributed by atoms with Crippen LogP contribution in [0, 0.1) is 17.8 Å². The van der Waals surface area contributed by atoms with Crippen molar-refractivity contribution < 1.29 is 9.90 Å². The van der Waals surface area contributed by atoms with Gasteiger partial charge in [0, 0.05) is 25.1 Å². The Labute approximate surface area is 149 Å². The third-order valence-electron chi connectivity index (χ3n) is 4.64. The van der Waals surface area contributed by atoms with Gasteiger partial charge in [0.15, 0.2) is 0 Å². The Hall–Kier alpha value is -2.57. The van der Waals surface area contributed by atoms with Crippen molar-refractivity contribution >= 4 is 5.97 Å². The Bertz CT molecular complexity index is 773. The summed E-state index contributed by atoms with van der Waals surface area (Å²) < 4.78 is 0. The van der Waals surface area contributed by atoms with Gasteiger partial charge in [-0.1, -0.05) is 60.4 Å². The first kappa shape index (κ1) is 17.3. The van der Waals surface area contributed by atoms with E-state index in [1.165, 1.54) is 5.56 Å². The number of carbonyl (C=O) groups is 1. The molecule has 0 spiro atoms. The van der Waals surface area contributed by atoms with E-state index < -0.39 is 5.97 Å². The Morgan fingerprint density at radius 1 is 1.12 bits per heavy atom. The molecule has 0 saturated carbocycles. The molecule has 1 heterocycles. The first-order valence-electron chi connectivity index (χ1n) is 8.82. The van der Waals surface area contributed by atoms with Crippen LogP contribution in [-0.2, 0) is 4.79 Å². The Kier molecular flexibility index (Phi) is 5.87. The molecule has 1 aliphatic heterocycles. The Morgan fingerprint density at radius 2 is 1.88 bits per heavy atom. The summed E-state index contributed by atoms with van der Waals surface area (Å²) in [6.07, 6.45) is 2.51. The molecule has 2 aromatic carbocycles.